The molecule has 0 N–H and O–H groups in total. The van der Waals surface area contributed by atoms with Gasteiger partial charge in [0.25, 0.3) is 0 Å². The molecule has 1 saturated heterocycles. The molecule has 1 aliphatic rings. The number of hydrogen-bond acceptors (Lipinski definition) is 6. The number of halogens is 2. The van der Waals surface area contributed by atoms with Crippen molar-refractivity contribution in [3.05, 3.63) is 58.8 Å². The molecule has 29 heavy (non-hydrogen) atoms. The van der Waals surface area contributed by atoms with Crippen LogP contribution in [0, 0.1) is 17.1 Å². The van der Waals surface area contributed by atoms with Gasteiger partial charge in [0.15, 0.2) is 5.82 Å². The van der Waals surface area contributed by atoms with Crippen LogP contribution in [0.2, 0.25) is 5.02 Å². The highest BCUT2D eigenvalue weighted by atomic mass is 35.5. The summed E-state index contributed by atoms with van der Waals surface area (Å²) in [6, 6.07) is 10.2. The first-order valence-corrected chi connectivity index (χ1v) is 9.50. The average Bonchev–Trinajstić information content (AvgIpc) is 3.35. The normalized spacial score (nSPS) is 16.1. The van der Waals surface area contributed by atoms with Crippen molar-refractivity contribution < 1.29 is 9.13 Å². The molecule has 0 bridgehead atoms. The summed E-state index contributed by atoms with van der Waals surface area (Å²) in [5, 5.41) is 18.1. The van der Waals surface area contributed by atoms with Gasteiger partial charge in [-0.25, -0.2) is 9.37 Å². The molecule has 0 radical (unpaired) electrons. The lowest BCUT2D eigenvalue weighted by Gasteiger charge is -2.19. The van der Waals surface area contributed by atoms with Crippen LogP contribution in [0.1, 0.15) is 23.7 Å². The van der Waals surface area contributed by atoms with Crippen LogP contribution in [0.4, 0.5) is 10.3 Å². The summed E-state index contributed by atoms with van der Waals surface area (Å²) in [5.74, 6) is 1.49. The third-order valence-electron chi connectivity index (χ3n) is 5.01. The summed E-state index contributed by atoms with van der Waals surface area (Å²) in [6.45, 7) is 1.41. The maximum Gasteiger partial charge on any atom is 0.232 e. The van der Waals surface area contributed by atoms with Crippen molar-refractivity contribution in [1.29, 1.82) is 5.26 Å². The third kappa shape index (κ3) is 3.74. The van der Waals surface area contributed by atoms with Gasteiger partial charge in [0.2, 0.25) is 11.8 Å². The number of benzene rings is 1. The molecule has 9 heteroatoms. The highest BCUT2D eigenvalue weighted by Gasteiger charge is 2.30. The molecule has 0 amide bonds. The zero-order valence-corrected chi connectivity index (χ0v) is 16.5. The van der Waals surface area contributed by atoms with E-state index in [-0.39, 0.29) is 18.2 Å². The number of pyridine rings is 1. The predicted molar refractivity (Wildman–Crippen MR) is 106 cm³/mol. The smallest absolute Gasteiger partial charge is 0.232 e. The fraction of sp³-hybridized carbons (Fsp3) is 0.300. The van der Waals surface area contributed by atoms with Gasteiger partial charge in [-0.1, -0.05) is 17.7 Å². The molecule has 2 aromatic heterocycles. The first-order valence-electron chi connectivity index (χ1n) is 9.12. The first kappa shape index (κ1) is 19.2. The van der Waals surface area contributed by atoms with E-state index in [1.807, 2.05) is 10.6 Å². The molecule has 0 aliphatic carbocycles. The highest BCUT2D eigenvalue weighted by molar-refractivity contribution is 6.31. The predicted octanol–water partition coefficient (Wildman–Crippen LogP) is 3.52. The van der Waals surface area contributed by atoms with Gasteiger partial charge in [-0.15, -0.1) is 10.2 Å². The van der Waals surface area contributed by atoms with Gasteiger partial charge >= 0.3 is 0 Å². The van der Waals surface area contributed by atoms with E-state index < -0.39 is 0 Å². The molecule has 1 aliphatic heterocycles. The topological polar surface area (TPSA) is 79.9 Å². The van der Waals surface area contributed by atoms with Gasteiger partial charge in [0, 0.05) is 30.1 Å². The lowest BCUT2D eigenvalue weighted by Crippen LogP contribution is -2.23. The average molecular weight is 413 g/mol. The van der Waals surface area contributed by atoms with Crippen molar-refractivity contribution in [2.24, 2.45) is 0 Å². The quantitative estimate of drug-likeness (QED) is 0.637. The first-order chi connectivity index (χ1) is 14.1. The van der Waals surface area contributed by atoms with E-state index in [0.717, 1.165) is 24.2 Å². The van der Waals surface area contributed by atoms with Crippen molar-refractivity contribution >= 4 is 17.5 Å². The van der Waals surface area contributed by atoms with Crippen molar-refractivity contribution in [3.63, 3.8) is 0 Å². The van der Waals surface area contributed by atoms with E-state index in [1.165, 1.54) is 12.1 Å². The van der Waals surface area contributed by atoms with Crippen LogP contribution < -0.4 is 9.64 Å². The van der Waals surface area contributed by atoms with E-state index in [1.54, 1.807) is 25.4 Å². The summed E-state index contributed by atoms with van der Waals surface area (Å²) in [4.78, 5) is 6.35. The van der Waals surface area contributed by atoms with Crippen LogP contribution in [-0.2, 0) is 6.42 Å². The third-order valence-corrected chi connectivity index (χ3v) is 5.34. The molecular formula is C20H18ClFN6O. The summed E-state index contributed by atoms with van der Waals surface area (Å²) in [7, 11) is 1.55. The molecule has 7 nitrogen and oxygen atoms in total. The molecule has 0 spiro atoms. The van der Waals surface area contributed by atoms with Crippen molar-refractivity contribution in [3.8, 4) is 17.6 Å². The number of anilines is 1. The van der Waals surface area contributed by atoms with Gasteiger partial charge in [-0.2, -0.15) is 5.26 Å². The van der Waals surface area contributed by atoms with Gasteiger partial charge in [-0.3, -0.25) is 4.57 Å². The number of methoxy groups -OCH3 is 1. The molecule has 1 fully saturated rings. The number of rotatable bonds is 5. The minimum Gasteiger partial charge on any atom is -0.481 e. The van der Waals surface area contributed by atoms with E-state index in [0.29, 0.717) is 29.2 Å². The van der Waals surface area contributed by atoms with Crippen molar-refractivity contribution in [1.82, 2.24) is 19.7 Å². The Hall–Kier alpha value is -3.18. The number of nitriles is 1. The summed E-state index contributed by atoms with van der Waals surface area (Å²) < 4.78 is 20.3. The van der Waals surface area contributed by atoms with Crippen LogP contribution in [0.15, 0.2) is 36.5 Å². The minimum absolute atomic E-state index is 0.125. The molecule has 1 unspecified atom stereocenters. The van der Waals surface area contributed by atoms with Crippen molar-refractivity contribution in [2.45, 2.75) is 18.8 Å². The van der Waals surface area contributed by atoms with Crippen LogP contribution in [0.3, 0.4) is 0 Å². The summed E-state index contributed by atoms with van der Waals surface area (Å²) in [6.07, 6.45) is 2.64. The largest absolute Gasteiger partial charge is 0.481 e. The maximum absolute atomic E-state index is 13.4. The van der Waals surface area contributed by atoms with Crippen LogP contribution in [-0.4, -0.2) is 39.9 Å². The van der Waals surface area contributed by atoms with Crippen LogP contribution in [0.5, 0.6) is 5.88 Å². The molecule has 148 valence electrons. The highest BCUT2D eigenvalue weighted by Crippen LogP contribution is 2.35. The van der Waals surface area contributed by atoms with Gasteiger partial charge in [0.1, 0.15) is 5.82 Å². The van der Waals surface area contributed by atoms with E-state index in [2.05, 4.69) is 26.2 Å². The molecular weight excluding hydrogens is 395 g/mol. The zero-order valence-electron chi connectivity index (χ0n) is 15.7. The van der Waals surface area contributed by atoms with Gasteiger partial charge in [-0.05, 0) is 30.2 Å². The fourth-order valence-corrected chi connectivity index (χ4v) is 3.94. The Morgan fingerprint density at radius 1 is 1.31 bits per heavy atom. The molecule has 4 rings (SSSR count). The van der Waals surface area contributed by atoms with Gasteiger partial charge < -0.3 is 9.64 Å². The van der Waals surface area contributed by atoms with Crippen LogP contribution >= 0.6 is 11.6 Å². The monoisotopic (exact) mass is 412 g/mol. The number of aromatic nitrogens is 4. The zero-order chi connectivity index (χ0) is 20.4. The van der Waals surface area contributed by atoms with Crippen LogP contribution in [0.25, 0.3) is 5.69 Å². The Kier molecular flexibility index (Phi) is 5.32. The standard InChI is InChI=1S/C20H18ClFN6O/c1-29-19-5-3-15(11-24-19)28-18(6-8-23)25-26-20(28)27-9-7-13(12-27)16-4-2-14(22)10-17(16)21/h2-5,10-11,13H,6-7,9,12H2,1H3. The molecule has 3 heterocycles. The molecule has 1 atom stereocenters. The van der Waals surface area contributed by atoms with E-state index >= 15 is 0 Å². The Balaban J connectivity index is 1.66. The maximum atomic E-state index is 13.4. The Bertz CT molecular complexity index is 1060. The second kappa shape index (κ2) is 8.05. The summed E-state index contributed by atoms with van der Waals surface area (Å²) in [5.41, 5.74) is 1.67. The Morgan fingerprint density at radius 2 is 2.17 bits per heavy atom. The number of ether oxygens (including phenoxy) is 1. The number of hydrogen-bond donors (Lipinski definition) is 0. The fourth-order valence-electron chi connectivity index (χ4n) is 3.62. The van der Waals surface area contributed by atoms with E-state index in [4.69, 9.17) is 21.6 Å². The summed E-state index contributed by atoms with van der Waals surface area (Å²) >= 11 is 6.26. The number of nitrogens with zero attached hydrogens (tertiary/aromatic N) is 6. The van der Waals surface area contributed by atoms with E-state index in [9.17, 15) is 4.39 Å². The molecule has 0 saturated carbocycles. The Morgan fingerprint density at radius 3 is 2.86 bits per heavy atom. The minimum atomic E-state index is -0.346. The second-order valence-electron chi connectivity index (χ2n) is 6.74. The Labute approximate surface area is 172 Å². The van der Waals surface area contributed by atoms with Gasteiger partial charge in [0.05, 0.1) is 31.5 Å². The lowest BCUT2D eigenvalue weighted by atomic mass is 9.98. The lowest BCUT2D eigenvalue weighted by molar-refractivity contribution is 0.398. The molecule has 1 aromatic carbocycles. The van der Waals surface area contributed by atoms with Crippen molar-refractivity contribution in [2.75, 3.05) is 25.1 Å². The SMILES string of the molecule is COc1ccc(-n2c(CC#N)nnc2N2CCC(c3ccc(F)cc3Cl)C2)cn1. The molecule has 3 aromatic rings. The second-order valence-corrected chi connectivity index (χ2v) is 7.15.